The second-order valence-corrected chi connectivity index (χ2v) is 10.9. The van der Waals surface area contributed by atoms with Gasteiger partial charge in [-0.3, -0.25) is 9.69 Å². The lowest BCUT2D eigenvalue weighted by atomic mass is 9.34. The maximum absolute atomic E-state index is 12.4. The molecule has 0 aromatic heterocycles. The quantitative estimate of drug-likeness (QED) is 0.630. The molecule has 4 saturated heterocycles. The number of rotatable bonds is 0. The lowest BCUT2D eigenvalue weighted by Gasteiger charge is -2.76. The summed E-state index contributed by atoms with van der Waals surface area (Å²) in [5.41, 5.74) is 1.35. The number of hydrogen-bond acceptors (Lipinski definition) is 3. The Hall–Kier alpha value is -0.570. The number of carbonyl (C=O) groups is 1. The van der Waals surface area contributed by atoms with Gasteiger partial charge in [-0.1, -0.05) is 13.3 Å². The first-order chi connectivity index (χ1) is 12.1. The van der Waals surface area contributed by atoms with E-state index in [4.69, 9.17) is 4.74 Å². The van der Waals surface area contributed by atoms with Gasteiger partial charge in [0, 0.05) is 30.5 Å². The van der Waals surface area contributed by atoms with E-state index in [0.29, 0.717) is 22.7 Å². The van der Waals surface area contributed by atoms with Crippen LogP contribution in [0.4, 0.5) is 0 Å². The summed E-state index contributed by atoms with van der Waals surface area (Å²) < 4.78 is 5.95. The zero-order valence-electron chi connectivity index (χ0n) is 15.5. The van der Waals surface area contributed by atoms with E-state index in [2.05, 4.69) is 11.8 Å². The van der Waals surface area contributed by atoms with Crippen molar-refractivity contribution >= 4 is 5.97 Å². The van der Waals surface area contributed by atoms with Crippen LogP contribution in [0.25, 0.3) is 0 Å². The van der Waals surface area contributed by atoms with Crippen molar-refractivity contribution in [3.05, 3.63) is 0 Å². The predicted octanol–water partition coefficient (Wildman–Crippen LogP) is 3.62. The minimum atomic E-state index is 0.102. The molecule has 8 rings (SSSR count). The summed E-state index contributed by atoms with van der Waals surface area (Å²) in [5, 5.41) is 0. The zero-order valence-corrected chi connectivity index (χ0v) is 15.5. The molecule has 0 amide bonds. The lowest BCUT2D eigenvalue weighted by molar-refractivity contribution is -0.292. The first-order valence-corrected chi connectivity index (χ1v) is 11.1. The van der Waals surface area contributed by atoms with Gasteiger partial charge in [0.05, 0.1) is 6.61 Å². The Bertz CT molecular complexity index is 677. The van der Waals surface area contributed by atoms with Crippen molar-refractivity contribution in [2.24, 2.45) is 39.9 Å². The van der Waals surface area contributed by atoms with Gasteiger partial charge in [0.1, 0.15) is 0 Å². The Labute approximate surface area is 150 Å². The van der Waals surface area contributed by atoms with Crippen molar-refractivity contribution in [1.82, 2.24) is 4.90 Å². The average Bonchev–Trinajstić information content (AvgIpc) is 3.26. The van der Waals surface area contributed by atoms with Crippen LogP contribution in [0, 0.1) is 39.9 Å². The molecule has 8 aliphatic rings. The molecular formula is C22H31NO2. The van der Waals surface area contributed by atoms with Crippen LogP contribution in [-0.2, 0) is 9.53 Å². The van der Waals surface area contributed by atoms with Crippen molar-refractivity contribution in [1.29, 1.82) is 0 Å². The Balaban J connectivity index is 1.54. The topological polar surface area (TPSA) is 29.5 Å². The monoisotopic (exact) mass is 341 g/mol. The van der Waals surface area contributed by atoms with Crippen LogP contribution in [0.2, 0.25) is 0 Å². The summed E-state index contributed by atoms with van der Waals surface area (Å²) in [4.78, 5) is 15.4. The second kappa shape index (κ2) is 4.13. The zero-order chi connectivity index (χ0) is 16.6. The Morgan fingerprint density at radius 3 is 2.92 bits per heavy atom. The van der Waals surface area contributed by atoms with Gasteiger partial charge in [-0.25, -0.2) is 0 Å². The van der Waals surface area contributed by atoms with Gasteiger partial charge in [0.25, 0.3) is 0 Å². The average molecular weight is 341 g/mol. The van der Waals surface area contributed by atoms with Crippen LogP contribution >= 0.6 is 0 Å². The molecule has 3 unspecified atom stereocenters. The third kappa shape index (κ3) is 1.23. The standard InChI is InChI=1S/C22H31NO2/c1-13-11-23-18-14(13)4-9-21-12-25-17(24)6-10-22(18,21)16-3-2-7-20(16)8-5-15(21)19(20)23/h13-16,18-19H,2-12H2,1H3/t13?,14-,15-,16-,18?,19+,20?,21-,22+/m1/s1. The van der Waals surface area contributed by atoms with E-state index in [9.17, 15) is 4.79 Å². The molecule has 25 heavy (non-hydrogen) atoms. The number of nitrogens with zero attached hydrogens (tertiary/aromatic N) is 1. The second-order valence-electron chi connectivity index (χ2n) is 10.9. The molecule has 4 aliphatic carbocycles. The summed E-state index contributed by atoms with van der Waals surface area (Å²) >= 11 is 0. The largest absolute Gasteiger partial charge is 0.465 e. The molecule has 0 aromatic carbocycles. The predicted molar refractivity (Wildman–Crippen MR) is 93.7 cm³/mol. The lowest BCUT2D eigenvalue weighted by Crippen LogP contribution is -2.80. The van der Waals surface area contributed by atoms with E-state index in [1.807, 2.05) is 0 Å². The van der Waals surface area contributed by atoms with Crippen LogP contribution in [0.15, 0.2) is 0 Å². The SMILES string of the molecule is CC1CN2C3[C@@H]1CC[C@]14COC(=O)CC[C@]31[C@@H]1CCCC13CC[C@@H]4[C@H]23. The molecule has 4 aliphatic heterocycles. The molecule has 0 radical (unpaired) electrons. The summed E-state index contributed by atoms with van der Waals surface area (Å²) in [6.07, 6.45) is 11.9. The van der Waals surface area contributed by atoms with Crippen LogP contribution < -0.4 is 0 Å². The van der Waals surface area contributed by atoms with Crippen molar-refractivity contribution in [2.45, 2.75) is 76.8 Å². The molecule has 136 valence electrons. The fourth-order valence-electron chi connectivity index (χ4n) is 10.8. The van der Waals surface area contributed by atoms with Crippen LogP contribution in [-0.4, -0.2) is 36.1 Å². The highest BCUT2D eigenvalue weighted by Gasteiger charge is 2.84. The van der Waals surface area contributed by atoms with E-state index in [-0.39, 0.29) is 5.97 Å². The maximum Gasteiger partial charge on any atom is 0.305 e. The van der Waals surface area contributed by atoms with E-state index in [0.717, 1.165) is 48.8 Å². The molecule has 2 spiro atoms. The molecule has 3 heteroatoms. The molecule has 9 atom stereocenters. The third-order valence-corrected chi connectivity index (χ3v) is 11.0. The summed E-state index contributed by atoms with van der Waals surface area (Å²) in [6.45, 7) is 4.64. The smallest absolute Gasteiger partial charge is 0.305 e. The van der Waals surface area contributed by atoms with E-state index < -0.39 is 0 Å². The highest BCUT2D eigenvalue weighted by atomic mass is 16.5. The fraction of sp³-hybridized carbons (Fsp3) is 0.955. The Kier molecular flexibility index (Phi) is 2.39. The van der Waals surface area contributed by atoms with Crippen LogP contribution in [0.5, 0.6) is 0 Å². The van der Waals surface area contributed by atoms with Crippen molar-refractivity contribution < 1.29 is 9.53 Å². The molecule has 6 bridgehead atoms. The molecule has 4 saturated carbocycles. The van der Waals surface area contributed by atoms with Crippen LogP contribution in [0.3, 0.4) is 0 Å². The number of hydrogen-bond donors (Lipinski definition) is 0. The van der Waals surface area contributed by atoms with Crippen molar-refractivity contribution in [3.63, 3.8) is 0 Å². The Morgan fingerprint density at radius 1 is 1.08 bits per heavy atom. The first-order valence-electron chi connectivity index (χ1n) is 11.1. The van der Waals surface area contributed by atoms with E-state index >= 15 is 0 Å². The third-order valence-electron chi connectivity index (χ3n) is 11.0. The van der Waals surface area contributed by atoms with E-state index in [1.165, 1.54) is 51.5 Å². The first kappa shape index (κ1) is 14.5. The molecule has 3 nitrogen and oxygen atoms in total. The molecule has 4 heterocycles. The minimum Gasteiger partial charge on any atom is -0.465 e. The summed E-state index contributed by atoms with van der Waals surface area (Å²) in [6, 6.07) is 1.61. The highest BCUT2D eigenvalue weighted by molar-refractivity contribution is 5.70. The molecule has 0 N–H and O–H groups in total. The van der Waals surface area contributed by atoms with Gasteiger partial charge < -0.3 is 4.74 Å². The fourth-order valence-corrected chi connectivity index (χ4v) is 10.8. The molecule has 8 fully saturated rings. The van der Waals surface area contributed by atoms with Crippen LogP contribution in [0.1, 0.15) is 64.7 Å². The van der Waals surface area contributed by atoms with Crippen molar-refractivity contribution in [3.8, 4) is 0 Å². The van der Waals surface area contributed by atoms with Gasteiger partial charge in [-0.15, -0.1) is 0 Å². The maximum atomic E-state index is 12.4. The van der Waals surface area contributed by atoms with Gasteiger partial charge in [0.15, 0.2) is 0 Å². The van der Waals surface area contributed by atoms with Gasteiger partial charge in [0.2, 0.25) is 0 Å². The molecule has 0 aromatic rings. The number of carbonyl (C=O) groups excluding carboxylic acids is 1. The van der Waals surface area contributed by atoms with Gasteiger partial charge in [-0.2, -0.15) is 0 Å². The molecular weight excluding hydrogens is 310 g/mol. The van der Waals surface area contributed by atoms with E-state index in [1.54, 1.807) is 0 Å². The number of ether oxygens (including phenoxy) is 1. The Morgan fingerprint density at radius 2 is 2.00 bits per heavy atom. The normalized spacial score (nSPS) is 64.0. The minimum absolute atomic E-state index is 0.102. The van der Waals surface area contributed by atoms with Gasteiger partial charge >= 0.3 is 5.97 Å². The summed E-state index contributed by atoms with van der Waals surface area (Å²) in [7, 11) is 0. The number of piperidine rings is 2. The number of cyclic esters (lactones) is 1. The summed E-state index contributed by atoms with van der Waals surface area (Å²) in [5.74, 6) is 3.56. The van der Waals surface area contributed by atoms with Gasteiger partial charge in [-0.05, 0) is 79.4 Å². The van der Waals surface area contributed by atoms with Crippen molar-refractivity contribution in [2.75, 3.05) is 13.2 Å². The highest BCUT2D eigenvalue weighted by Crippen LogP contribution is 2.84. The number of esters is 1.